The van der Waals surface area contributed by atoms with Crippen LogP contribution in [0.2, 0.25) is 0 Å². The number of esters is 3. The van der Waals surface area contributed by atoms with Gasteiger partial charge in [-0.15, -0.1) is 0 Å². The Hall–Kier alpha value is -2.82. The van der Waals surface area contributed by atoms with Crippen LogP contribution in [0.4, 0.5) is 0 Å². The molecule has 454 valence electrons. The number of aliphatic hydroxyl groups is 1. The molecule has 0 aromatic heterocycles. The van der Waals surface area contributed by atoms with Gasteiger partial charge in [-0.2, -0.15) is 0 Å². The molecule has 0 heterocycles. The molecule has 3 unspecified atom stereocenters. The second-order valence-corrected chi connectivity index (χ2v) is 23.0. The van der Waals surface area contributed by atoms with Gasteiger partial charge in [0.15, 0.2) is 6.10 Å². The summed E-state index contributed by atoms with van der Waals surface area (Å²) in [5, 5.41) is 9.84. The Kier molecular flexibility index (Phi) is 58.1. The van der Waals surface area contributed by atoms with Crippen molar-refractivity contribution < 1.29 is 52.2 Å². The van der Waals surface area contributed by atoms with Gasteiger partial charge in [0.05, 0.1) is 19.8 Å². The van der Waals surface area contributed by atoms with Crippen LogP contribution in [0.3, 0.4) is 0 Å². The van der Waals surface area contributed by atoms with Crippen molar-refractivity contribution in [1.29, 1.82) is 0 Å². The Labute approximate surface area is 478 Å². The van der Waals surface area contributed by atoms with Gasteiger partial charge in [-0.25, -0.2) is 4.57 Å². The summed E-state index contributed by atoms with van der Waals surface area (Å²) in [4.78, 5) is 48.7. The van der Waals surface area contributed by atoms with Crippen molar-refractivity contribution in [3.8, 4) is 0 Å². The molecule has 0 fully saturated rings. The maximum Gasteiger partial charge on any atom is 0.472 e. The van der Waals surface area contributed by atoms with E-state index >= 15 is 0 Å². The minimum atomic E-state index is -4.76. The maximum atomic E-state index is 12.9. The van der Waals surface area contributed by atoms with Gasteiger partial charge < -0.3 is 24.2 Å². The Morgan fingerprint density at radius 1 is 0.372 bits per heavy atom. The summed E-state index contributed by atoms with van der Waals surface area (Å²) in [6.45, 7) is 4.54. The fourth-order valence-corrected chi connectivity index (χ4v) is 9.83. The van der Waals surface area contributed by atoms with Crippen LogP contribution in [-0.2, 0) is 42.2 Å². The number of hydrogen-bond donors (Lipinski definition) is 2. The van der Waals surface area contributed by atoms with Crippen molar-refractivity contribution in [2.24, 2.45) is 0 Å². The van der Waals surface area contributed by atoms with Gasteiger partial charge in [0.1, 0.15) is 12.7 Å². The minimum absolute atomic E-state index is 0.157. The van der Waals surface area contributed by atoms with E-state index in [9.17, 15) is 28.9 Å². The number of phosphoric ester groups is 1. The molecular formula is C66H119O11P. The second-order valence-electron chi connectivity index (χ2n) is 21.6. The fourth-order valence-electron chi connectivity index (χ4n) is 9.05. The molecule has 0 saturated carbocycles. The van der Waals surface area contributed by atoms with Crippen LogP contribution in [0, 0.1) is 0 Å². The lowest BCUT2D eigenvalue weighted by Crippen LogP contribution is -2.30. The van der Waals surface area contributed by atoms with E-state index in [1.807, 2.05) is 0 Å². The molecule has 0 aliphatic heterocycles. The summed E-state index contributed by atoms with van der Waals surface area (Å²) in [6, 6.07) is 0. The Bertz CT molecular complexity index is 1540. The molecule has 2 N–H and O–H groups in total. The minimum Gasteiger partial charge on any atom is -0.462 e. The van der Waals surface area contributed by atoms with Crippen LogP contribution >= 0.6 is 7.82 Å². The van der Waals surface area contributed by atoms with Gasteiger partial charge >= 0.3 is 25.7 Å². The number of carbonyl (C=O) groups excluding carboxylic acids is 3. The van der Waals surface area contributed by atoms with E-state index in [1.54, 1.807) is 0 Å². The molecule has 0 amide bonds. The highest BCUT2D eigenvalue weighted by Crippen LogP contribution is 2.43. The summed E-state index contributed by atoms with van der Waals surface area (Å²) in [7, 11) is -4.76. The van der Waals surface area contributed by atoms with Crippen LogP contribution in [0.15, 0.2) is 60.8 Å². The van der Waals surface area contributed by atoms with Crippen LogP contribution in [0.5, 0.6) is 0 Å². The predicted molar refractivity (Wildman–Crippen MR) is 325 cm³/mol. The maximum absolute atomic E-state index is 12.9. The Morgan fingerprint density at radius 2 is 0.667 bits per heavy atom. The predicted octanol–water partition coefficient (Wildman–Crippen LogP) is 19.5. The Balaban J connectivity index is 4.69. The zero-order valence-corrected chi connectivity index (χ0v) is 51.3. The van der Waals surface area contributed by atoms with Crippen molar-refractivity contribution in [2.75, 3.05) is 26.4 Å². The lowest BCUT2D eigenvalue weighted by molar-refractivity contribution is -0.161. The molecule has 11 nitrogen and oxygen atoms in total. The summed E-state index contributed by atoms with van der Waals surface area (Å²) in [5.41, 5.74) is 0. The highest BCUT2D eigenvalue weighted by Gasteiger charge is 2.28. The summed E-state index contributed by atoms with van der Waals surface area (Å²) >= 11 is 0. The average molecular weight is 1120 g/mol. The van der Waals surface area contributed by atoms with Gasteiger partial charge in [-0.3, -0.25) is 23.4 Å². The normalized spacial score (nSPS) is 13.7. The quantitative estimate of drug-likeness (QED) is 0.0197. The van der Waals surface area contributed by atoms with Crippen molar-refractivity contribution in [1.82, 2.24) is 0 Å². The second kappa shape index (κ2) is 60.3. The number of rotatable bonds is 60. The van der Waals surface area contributed by atoms with Crippen LogP contribution in [0.1, 0.15) is 303 Å². The third-order valence-corrected chi connectivity index (χ3v) is 14.9. The van der Waals surface area contributed by atoms with Gasteiger partial charge in [-0.05, 0) is 83.5 Å². The van der Waals surface area contributed by atoms with E-state index in [4.69, 9.17) is 23.3 Å². The highest BCUT2D eigenvalue weighted by atomic mass is 31.2. The lowest BCUT2D eigenvalue weighted by Gasteiger charge is -2.21. The molecule has 0 aromatic rings. The first-order valence-corrected chi connectivity index (χ1v) is 33.7. The average Bonchev–Trinajstić information content (AvgIpc) is 3.43. The number of phosphoric acid groups is 1. The molecular weight excluding hydrogens is 1000 g/mol. The van der Waals surface area contributed by atoms with Crippen molar-refractivity contribution in [3.63, 3.8) is 0 Å². The molecule has 3 atom stereocenters. The molecule has 0 saturated heterocycles. The van der Waals surface area contributed by atoms with E-state index in [0.29, 0.717) is 19.3 Å². The SMILES string of the molecule is CC/C=C\C/C=C\C/C=C\CCCCCCCCCC(=O)OC(COC(=O)CCCCCCCCCCCCCCCCCCCCC)COP(=O)(O)OCC(CO)OC(=O)CCCCCCC/C=C\C/C=C\CCCCC. The summed E-state index contributed by atoms with van der Waals surface area (Å²) in [5.74, 6) is -1.47. The van der Waals surface area contributed by atoms with E-state index in [2.05, 4.69) is 81.5 Å². The smallest absolute Gasteiger partial charge is 0.462 e. The summed E-state index contributed by atoms with van der Waals surface area (Å²) in [6.07, 6.45) is 67.4. The molecule has 0 aromatic carbocycles. The van der Waals surface area contributed by atoms with Crippen molar-refractivity contribution >= 4 is 25.7 Å². The number of carbonyl (C=O) groups is 3. The molecule has 0 radical (unpaired) electrons. The monoisotopic (exact) mass is 1120 g/mol. The number of allylic oxidation sites excluding steroid dienone is 10. The fraction of sp³-hybridized carbons (Fsp3) is 0.803. The van der Waals surface area contributed by atoms with E-state index in [0.717, 1.165) is 122 Å². The molecule has 0 rings (SSSR count). The topological polar surface area (TPSA) is 155 Å². The number of hydrogen-bond acceptors (Lipinski definition) is 10. The van der Waals surface area contributed by atoms with Gasteiger partial charge in [0, 0.05) is 19.3 Å². The standard InChI is InChI=1S/C66H119O11P/c1-4-7-10-13-16-19-22-25-28-30-31-33-35-37-40-43-46-49-52-55-64(68)73-59-63(77-66(70)57-54-51-48-45-42-39-36-32-29-26-23-20-17-14-11-8-5-2)61-75-78(71,72)74-60-62(58-67)76-65(69)56-53-50-47-44-41-38-34-27-24-21-18-15-12-9-6-3/h8,11,17-18,20-21,26-27,29,34,62-63,67H,4-7,9-10,12-16,19,22-25,28,30-33,35-61H2,1-3H3,(H,71,72)/b11-8-,20-17-,21-18-,29-26-,34-27-. The first-order valence-electron chi connectivity index (χ1n) is 32.2. The highest BCUT2D eigenvalue weighted by molar-refractivity contribution is 7.47. The van der Waals surface area contributed by atoms with E-state index in [1.165, 1.54) is 122 Å². The third kappa shape index (κ3) is 57.9. The van der Waals surface area contributed by atoms with Crippen molar-refractivity contribution in [3.05, 3.63) is 60.8 Å². The first kappa shape index (κ1) is 75.2. The molecule has 0 aliphatic carbocycles. The largest absolute Gasteiger partial charge is 0.472 e. The molecule has 12 heteroatoms. The van der Waals surface area contributed by atoms with Crippen LogP contribution in [0.25, 0.3) is 0 Å². The molecule has 0 aliphatic rings. The van der Waals surface area contributed by atoms with Gasteiger partial charge in [0.2, 0.25) is 0 Å². The van der Waals surface area contributed by atoms with Crippen LogP contribution in [-0.4, -0.2) is 66.5 Å². The number of aliphatic hydroxyl groups excluding tert-OH is 1. The van der Waals surface area contributed by atoms with Gasteiger partial charge in [0.25, 0.3) is 0 Å². The summed E-state index contributed by atoms with van der Waals surface area (Å²) < 4.78 is 39.7. The molecule has 78 heavy (non-hydrogen) atoms. The van der Waals surface area contributed by atoms with E-state index in [-0.39, 0.29) is 25.9 Å². The third-order valence-electron chi connectivity index (χ3n) is 13.9. The first-order chi connectivity index (χ1) is 38.2. The van der Waals surface area contributed by atoms with Crippen LogP contribution < -0.4 is 0 Å². The molecule has 0 bridgehead atoms. The zero-order valence-electron chi connectivity index (χ0n) is 50.4. The van der Waals surface area contributed by atoms with Crippen molar-refractivity contribution in [2.45, 2.75) is 315 Å². The number of unbranched alkanes of at least 4 members (excludes halogenated alkanes) is 33. The van der Waals surface area contributed by atoms with E-state index < -0.39 is 57.8 Å². The Morgan fingerprint density at radius 3 is 1.05 bits per heavy atom. The number of ether oxygens (including phenoxy) is 3. The molecule has 0 spiro atoms. The lowest BCUT2D eigenvalue weighted by atomic mass is 10.0. The van der Waals surface area contributed by atoms with Gasteiger partial charge in [-0.1, -0.05) is 261 Å². The zero-order chi connectivity index (χ0) is 56.9.